The van der Waals surface area contributed by atoms with Gasteiger partial charge in [-0.2, -0.15) is 0 Å². The van der Waals surface area contributed by atoms with E-state index in [1.807, 2.05) is 19.9 Å². The molecule has 3 N–H and O–H groups in total. The maximum atomic E-state index is 9.68. The van der Waals surface area contributed by atoms with Crippen LogP contribution in [0.15, 0.2) is 18.2 Å². The second-order valence-corrected chi connectivity index (χ2v) is 3.26. The average molecular weight is 195 g/mol. The zero-order valence-corrected chi connectivity index (χ0v) is 8.66. The second-order valence-electron chi connectivity index (χ2n) is 3.26. The van der Waals surface area contributed by atoms with Crippen LogP contribution in [-0.2, 0) is 0 Å². The Kier molecular flexibility index (Phi) is 3.77. The van der Waals surface area contributed by atoms with Crippen LogP contribution in [0.4, 0.5) is 0 Å². The van der Waals surface area contributed by atoms with Gasteiger partial charge in [0.05, 0.1) is 6.61 Å². The smallest absolute Gasteiger partial charge is 0.126 e. The molecule has 0 aliphatic carbocycles. The third-order valence-electron chi connectivity index (χ3n) is 2.19. The van der Waals surface area contributed by atoms with Crippen LogP contribution in [0.25, 0.3) is 0 Å². The van der Waals surface area contributed by atoms with Gasteiger partial charge in [0.2, 0.25) is 0 Å². The lowest BCUT2D eigenvalue weighted by atomic mass is 9.99. The third-order valence-corrected chi connectivity index (χ3v) is 2.19. The largest absolute Gasteiger partial charge is 0.508 e. The molecule has 0 aliphatic heterocycles. The number of nitrogens with two attached hydrogens (primary N) is 1. The first kappa shape index (κ1) is 10.9. The molecule has 0 saturated heterocycles. The highest BCUT2D eigenvalue weighted by atomic mass is 16.5. The van der Waals surface area contributed by atoms with Gasteiger partial charge in [0, 0.05) is 11.5 Å². The molecular formula is C11H17NO2. The van der Waals surface area contributed by atoms with E-state index in [0.717, 1.165) is 11.3 Å². The van der Waals surface area contributed by atoms with Gasteiger partial charge < -0.3 is 15.6 Å². The summed E-state index contributed by atoms with van der Waals surface area (Å²) in [7, 11) is 0. The summed E-state index contributed by atoms with van der Waals surface area (Å²) >= 11 is 0. The van der Waals surface area contributed by atoms with Gasteiger partial charge in [-0.1, -0.05) is 13.0 Å². The van der Waals surface area contributed by atoms with Crippen LogP contribution in [0, 0.1) is 0 Å². The minimum atomic E-state index is 0.109. The molecule has 1 aromatic carbocycles. The fraction of sp³-hybridized carbons (Fsp3) is 0.455. The molecule has 78 valence electrons. The number of benzene rings is 1. The Morgan fingerprint density at radius 3 is 2.79 bits per heavy atom. The van der Waals surface area contributed by atoms with Crippen LogP contribution in [0.5, 0.6) is 11.5 Å². The van der Waals surface area contributed by atoms with Crippen LogP contribution < -0.4 is 10.5 Å². The first-order valence-corrected chi connectivity index (χ1v) is 4.85. The molecule has 1 unspecified atom stereocenters. The van der Waals surface area contributed by atoms with E-state index in [0.29, 0.717) is 13.2 Å². The fourth-order valence-electron chi connectivity index (χ4n) is 1.43. The van der Waals surface area contributed by atoms with E-state index < -0.39 is 0 Å². The van der Waals surface area contributed by atoms with Gasteiger partial charge in [0.1, 0.15) is 11.5 Å². The Morgan fingerprint density at radius 2 is 2.21 bits per heavy atom. The summed E-state index contributed by atoms with van der Waals surface area (Å²) in [6, 6.07) is 5.28. The van der Waals surface area contributed by atoms with E-state index in [4.69, 9.17) is 10.5 Å². The van der Waals surface area contributed by atoms with E-state index in [9.17, 15) is 5.11 Å². The van der Waals surface area contributed by atoms with Gasteiger partial charge in [-0.25, -0.2) is 0 Å². The second kappa shape index (κ2) is 4.86. The monoisotopic (exact) mass is 195 g/mol. The van der Waals surface area contributed by atoms with Gasteiger partial charge in [-0.3, -0.25) is 0 Å². The molecule has 0 bridgehead atoms. The van der Waals surface area contributed by atoms with Crippen molar-refractivity contribution >= 4 is 0 Å². The predicted molar refractivity (Wildman–Crippen MR) is 56.7 cm³/mol. The van der Waals surface area contributed by atoms with Crippen LogP contribution in [0.3, 0.4) is 0 Å². The van der Waals surface area contributed by atoms with E-state index in [-0.39, 0.29) is 11.7 Å². The molecule has 14 heavy (non-hydrogen) atoms. The van der Waals surface area contributed by atoms with Crippen LogP contribution in [-0.4, -0.2) is 18.3 Å². The summed E-state index contributed by atoms with van der Waals surface area (Å²) in [5.41, 5.74) is 6.37. The minimum Gasteiger partial charge on any atom is -0.508 e. The topological polar surface area (TPSA) is 55.5 Å². The molecule has 0 heterocycles. The number of rotatable bonds is 4. The molecule has 0 fully saturated rings. The van der Waals surface area contributed by atoms with Crippen LogP contribution in [0.1, 0.15) is 25.3 Å². The quantitative estimate of drug-likeness (QED) is 0.771. The summed E-state index contributed by atoms with van der Waals surface area (Å²) in [6.45, 7) is 4.98. The number of hydrogen-bond acceptors (Lipinski definition) is 3. The molecule has 0 aromatic heterocycles. The number of aromatic hydroxyl groups is 1. The van der Waals surface area contributed by atoms with Crippen molar-refractivity contribution in [2.24, 2.45) is 5.73 Å². The molecule has 0 saturated carbocycles. The molecule has 3 heteroatoms. The first-order valence-electron chi connectivity index (χ1n) is 4.85. The number of hydrogen-bond donors (Lipinski definition) is 2. The highest BCUT2D eigenvalue weighted by molar-refractivity contribution is 5.46. The van der Waals surface area contributed by atoms with E-state index in [2.05, 4.69) is 0 Å². The zero-order valence-electron chi connectivity index (χ0n) is 8.66. The Balaban J connectivity index is 3.08. The van der Waals surface area contributed by atoms with Crippen molar-refractivity contribution < 1.29 is 9.84 Å². The van der Waals surface area contributed by atoms with Crippen LogP contribution in [0.2, 0.25) is 0 Å². The standard InChI is InChI=1S/C11H17NO2/c1-3-14-10-6-4-5-9(13)11(10)8(2)7-12/h4-6,8,13H,3,7,12H2,1-2H3. The van der Waals surface area contributed by atoms with Crippen molar-refractivity contribution in [1.29, 1.82) is 0 Å². The van der Waals surface area contributed by atoms with Gasteiger partial charge in [-0.15, -0.1) is 0 Å². The van der Waals surface area contributed by atoms with Crippen LogP contribution >= 0.6 is 0 Å². The molecule has 0 amide bonds. The SMILES string of the molecule is CCOc1cccc(O)c1C(C)CN. The van der Waals surface area contributed by atoms with Crippen molar-refractivity contribution in [2.45, 2.75) is 19.8 Å². The van der Waals surface area contributed by atoms with Crippen molar-refractivity contribution in [1.82, 2.24) is 0 Å². The third kappa shape index (κ3) is 2.17. The maximum absolute atomic E-state index is 9.68. The Hall–Kier alpha value is -1.22. The van der Waals surface area contributed by atoms with Gasteiger partial charge >= 0.3 is 0 Å². The van der Waals surface area contributed by atoms with E-state index >= 15 is 0 Å². The fourth-order valence-corrected chi connectivity index (χ4v) is 1.43. The van der Waals surface area contributed by atoms with Crippen molar-refractivity contribution in [3.05, 3.63) is 23.8 Å². The molecule has 0 spiro atoms. The zero-order chi connectivity index (χ0) is 10.6. The minimum absolute atomic E-state index is 0.109. The molecular weight excluding hydrogens is 178 g/mol. The maximum Gasteiger partial charge on any atom is 0.126 e. The van der Waals surface area contributed by atoms with E-state index in [1.165, 1.54) is 0 Å². The highest BCUT2D eigenvalue weighted by Crippen LogP contribution is 2.33. The summed E-state index contributed by atoms with van der Waals surface area (Å²) in [4.78, 5) is 0. The molecule has 0 radical (unpaired) electrons. The van der Waals surface area contributed by atoms with Gasteiger partial charge in [0.25, 0.3) is 0 Å². The Morgan fingerprint density at radius 1 is 1.50 bits per heavy atom. The molecule has 1 atom stereocenters. The lowest BCUT2D eigenvalue weighted by molar-refractivity contribution is 0.330. The summed E-state index contributed by atoms with van der Waals surface area (Å²) in [5, 5.41) is 9.68. The number of ether oxygens (including phenoxy) is 1. The number of phenols is 1. The Bertz CT molecular complexity index is 299. The van der Waals surface area contributed by atoms with Crippen molar-refractivity contribution in [3.63, 3.8) is 0 Å². The molecule has 1 aromatic rings. The van der Waals surface area contributed by atoms with E-state index in [1.54, 1.807) is 12.1 Å². The summed E-state index contributed by atoms with van der Waals surface area (Å²) in [5.74, 6) is 1.09. The predicted octanol–water partition coefficient (Wildman–Crippen LogP) is 1.85. The normalized spacial score (nSPS) is 12.5. The Labute approximate surface area is 84.5 Å². The van der Waals surface area contributed by atoms with Crippen molar-refractivity contribution in [2.75, 3.05) is 13.2 Å². The first-order chi connectivity index (χ1) is 6.70. The molecule has 1 rings (SSSR count). The summed E-state index contributed by atoms with van der Waals surface area (Å²) < 4.78 is 5.43. The van der Waals surface area contributed by atoms with Gasteiger partial charge in [-0.05, 0) is 25.6 Å². The molecule has 0 aliphatic rings. The van der Waals surface area contributed by atoms with Gasteiger partial charge in [0.15, 0.2) is 0 Å². The average Bonchev–Trinajstić information content (AvgIpc) is 2.18. The summed E-state index contributed by atoms with van der Waals surface area (Å²) in [6.07, 6.45) is 0. The lowest BCUT2D eigenvalue weighted by Gasteiger charge is -2.16. The number of phenolic OH excluding ortho intramolecular Hbond substituents is 1. The highest BCUT2D eigenvalue weighted by Gasteiger charge is 2.14. The lowest BCUT2D eigenvalue weighted by Crippen LogP contribution is -2.10. The van der Waals surface area contributed by atoms with Crippen molar-refractivity contribution in [3.8, 4) is 11.5 Å². The molecule has 3 nitrogen and oxygen atoms in total.